The standard InChI is InChI=1S/C21H26N4O/c26-21(24-17-9-4-5-10-17)18-11-6-12-23-20(18)25-14-13-22-19(15-25)16-7-2-1-3-8-16/h1-3,6-8,11-12,17,19,22H,4-5,9-10,13-15H2,(H,24,26)/t19-/m1/s1. The van der Waals surface area contributed by atoms with Crippen molar-refractivity contribution in [3.8, 4) is 0 Å². The molecule has 5 heteroatoms. The van der Waals surface area contributed by atoms with Gasteiger partial charge in [-0.15, -0.1) is 0 Å². The minimum atomic E-state index is 0.00907. The maximum absolute atomic E-state index is 12.8. The molecule has 2 fully saturated rings. The Labute approximate surface area is 154 Å². The fourth-order valence-electron chi connectivity index (χ4n) is 4.01. The first kappa shape index (κ1) is 17.0. The number of pyridine rings is 1. The van der Waals surface area contributed by atoms with E-state index in [0.717, 1.165) is 38.3 Å². The van der Waals surface area contributed by atoms with Gasteiger partial charge in [-0.25, -0.2) is 4.98 Å². The third kappa shape index (κ3) is 3.73. The highest BCUT2D eigenvalue weighted by molar-refractivity contribution is 5.99. The Morgan fingerprint density at radius 3 is 2.73 bits per heavy atom. The van der Waals surface area contributed by atoms with Gasteiger partial charge in [0.15, 0.2) is 0 Å². The van der Waals surface area contributed by atoms with Gasteiger partial charge in [0, 0.05) is 37.9 Å². The highest BCUT2D eigenvalue weighted by Crippen LogP contribution is 2.25. The van der Waals surface area contributed by atoms with Crippen molar-refractivity contribution >= 4 is 11.7 Å². The third-order valence-electron chi connectivity index (χ3n) is 5.40. The molecule has 1 amide bonds. The number of hydrogen-bond donors (Lipinski definition) is 2. The van der Waals surface area contributed by atoms with Crippen molar-refractivity contribution in [1.82, 2.24) is 15.6 Å². The molecule has 2 aliphatic rings. The topological polar surface area (TPSA) is 57.3 Å². The number of anilines is 1. The Kier molecular flexibility index (Phi) is 5.16. The molecule has 1 aromatic heterocycles. The Bertz CT molecular complexity index is 743. The maximum Gasteiger partial charge on any atom is 0.255 e. The van der Waals surface area contributed by atoms with Crippen LogP contribution in [-0.2, 0) is 0 Å². The van der Waals surface area contributed by atoms with Crippen LogP contribution in [0.25, 0.3) is 0 Å². The largest absolute Gasteiger partial charge is 0.353 e. The first-order valence-corrected chi connectivity index (χ1v) is 9.60. The lowest BCUT2D eigenvalue weighted by Crippen LogP contribution is -2.47. The van der Waals surface area contributed by atoms with E-state index in [1.165, 1.54) is 18.4 Å². The number of nitrogens with zero attached hydrogens (tertiary/aromatic N) is 2. The fraction of sp³-hybridized carbons (Fsp3) is 0.429. The van der Waals surface area contributed by atoms with E-state index in [1.807, 2.05) is 18.2 Å². The van der Waals surface area contributed by atoms with Gasteiger partial charge >= 0.3 is 0 Å². The summed E-state index contributed by atoms with van der Waals surface area (Å²) < 4.78 is 0. The molecule has 1 saturated heterocycles. The molecule has 5 nitrogen and oxygen atoms in total. The van der Waals surface area contributed by atoms with Gasteiger partial charge in [0.1, 0.15) is 5.82 Å². The van der Waals surface area contributed by atoms with Crippen LogP contribution in [0.1, 0.15) is 47.6 Å². The number of hydrogen-bond acceptors (Lipinski definition) is 4. The van der Waals surface area contributed by atoms with Crippen LogP contribution >= 0.6 is 0 Å². The average molecular weight is 350 g/mol. The molecule has 0 bridgehead atoms. The number of piperazine rings is 1. The number of aromatic nitrogens is 1. The van der Waals surface area contributed by atoms with E-state index >= 15 is 0 Å². The summed E-state index contributed by atoms with van der Waals surface area (Å²) in [7, 11) is 0. The summed E-state index contributed by atoms with van der Waals surface area (Å²) in [5.41, 5.74) is 1.96. The van der Waals surface area contributed by atoms with E-state index in [-0.39, 0.29) is 11.9 Å². The van der Waals surface area contributed by atoms with Crippen LogP contribution in [0.4, 0.5) is 5.82 Å². The highest BCUT2D eigenvalue weighted by atomic mass is 16.1. The van der Waals surface area contributed by atoms with E-state index in [9.17, 15) is 4.79 Å². The molecular formula is C21H26N4O. The lowest BCUT2D eigenvalue weighted by Gasteiger charge is -2.35. The molecule has 2 heterocycles. The second-order valence-electron chi connectivity index (χ2n) is 7.19. The van der Waals surface area contributed by atoms with Crippen LogP contribution in [-0.4, -0.2) is 36.6 Å². The molecule has 0 spiro atoms. The first-order chi connectivity index (χ1) is 12.8. The maximum atomic E-state index is 12.8. The Morgan fingerprint density at radius 1 is 1.12 bits per heavy atom. The van der Waals surface area contributed by atoms with E-state index in [2.05, 4.69) is 44.8 Å². The highest BCUT2D eigenvalue weighted by Gasteiger charge is 2.26. The van der Waals surface area contributed by atoms with Crippen LogP contribution in [0.15, 0.2) is 48.7 Å². The van der Waals surface area contributed by atoms with Crippen molar-refractivity contribution < 1.29 is 4.79 Å². The predicted molar refractivity (Wildman–Crippen MR) is 103 cm³/mol. The summed E-state index contributed by atoms with van der Waals surface area (Å²) in [6.45, 7) is 2.54. The summed E-state index contributed by atoms with van der Waals surface area (Å²) in [5, 5.41) is 6.77. The average Bonchev–Trinajstić information content (AvgIpc) is 3.22. The minimum absolute atomic E-state index is 0.00907. The molecule has 0 unspecified atom stereocenters. The van der Waals surface area contributed by atoms with Crippen LogP contribution < -0.4 is 15.5 Å². The second kappa shape index (κ2) is 7.87. The zero-order valence-corrected chi connectivity index (χ0v) is 15.0. The predicted octanol–water partition coefficient (Wildman–Crippen LogP) is 2.90. The molecule has 4 rings (SSSR count). The number of carbonyl (C=O) groups is 1. The van der Waals surface area contributed by atoms with Crippen LogP contribution in [0.5, 0.6) is 0 Å². The quantitative estimate of drug-likeness (QED) is 0.890. The summed E-state index contributed by atoms with van der Waals surface area (Å²) in [5.74, 6) is 0.806. The summed E-state index contributed by atoms with van der Waals surface area (Å²) in [6.07, 6.45) is 6.38. The van der Waals surface area contributed by atoms with Crippen molar-refractivity contribution in [3.63, 3.8) is 0 Å². The zero-order valence-electron chi connectivity index (χ0n) is 15.0. The van der Waals surface area contributed by atoms with Crippen molar-refractivity contribution in [1.29, 1.82) is 0 Å². The Hall–Kier alpha value is -2.40. The SMILES string of the molecule is O=C(NC1CCCC1)c1cccnc1N1CCN[C@@H](c2ccccc2)C1. The number of amides is 1. The molecule has 1 aliphatic heterocycles. The molecule has 26 heavy (non-hydrogen) atoms. The number of carbonyl (C=O) groups excluding carboxylic acids is 1. The van der Waals surface area contributed by atoms with Gasteiger partial charge in [0.25, 0.3) is 5.91 Å². The summed E-state index contributed by atoms with van der Waals surface area (Å²) >= 11 is 0. The first-order valence-electron chi connectivity index (χ1n) is 9.60. The zero-order chi connectivity index (χ0) is 17.8. The molecule has 2 N–H and O–H groups in total. The lowest BCUT2D eigenvalue weighted by atomic mass is 10.0. The number of benzene rings is 1. The van der Waals surface area contributed by atoms with Gasteiger partial charge in [0.2, 0.25) is 0 Å². The molecule has 1 atom stereocenters. The fourth-order valence-corrected chi connectivity index (χ4v) is 4.01. The molecule has 1 aromatic carbocycles. The van der Waals surface area contributed by atoms with E-state index in [0.29, 0.717) is 11.6 Å². The van der Waals surface area contributed by atoms with Gasteiger partial charge in [-0.1, -0.05) is 43.2 Å². The van der Waals surface area contributed by atoms with E-state index < -0.39 is 0 Å². The van der Waals surface area contributed by atoms with E-state index in [4.69, 9.17) is 0 Å². The van der Waals surface area contributed by atoms with Crippen molar-refractivity contribution in [2.45, 2.75) is 37.8 Å². The number of rotatable bonds is 4. The van der Waals surface area contributed by atoms with Crippen molar-refractivity contribution in [3.05, 3.63) is 59.8 Å². The van der Waals surface area contributed by atoms with Crippen molar-refractivity contribution in [2.75, 3.05) is 24.5 Å². The molecule has 0 radical (unpaired) electrons. The molecular weight excluding hydrogens is 324 g/mol. The van der Waals surface area contributed by atoms with Gasteiger partial charge in [-0.3, -0.25) is 4.79 Å². The molecule has 1 saturated carbocycles. The van der Waals surface area contributed by atoms with Crippen LogP contribution in [0.3, 0.4) is 0 Å². The van der Waals surface area contributed by atoms with Gasteiger partial charge in [0.05, 0.1) is 5.56 Å². The smallest absolute Gasteiger partial charge is 0.255 e. The monoisotopic (exact) mass is 350 g/mol. The molecule has 1 aliphatic carbocycles. The summed E-state index contributed by atoms with van der Waals surface area (Å²) in [6, 6.07) is 14.8. The Morgan fingerprint density at radius 2 is 1.92 bits per heavy atom. The molecule has 2 aromatic rings. The van der Waals surface area contributed by atoms with Gasteiger partial charge in [-0.05, 0) is 30.5 Å². The number of nitrogens with one attached hydrogen (secondary N) is 2. The third-order valence-corrected chi connectivity index (χ3v) is 5.40. The second-order valence-corrected chi connectivity index (χ2v) is 7.19. The van der Waals surface area contributed by atoms with E-state index in [1.54, 1.807) is 6.20 Å². The Balaban J connectivity index is 1.52. The van der Waals surface area contributed by atoms with Crippen molar-refractivity contribution in [2.24, 2.45) is 0 Å². The van der Waals surface area contributed by atoms with Gasteiger partial charge < -0.3 is 15.5 Å². The van der Waals surface area contributed by atoms with Crippen LogP contribution in [0.2, 0.25) is 0 Å². The normalized spacial score (nSPS) is 20.9. The van der Waals surface area contributed by atoms with Crippen LogP contribution in [0, 0.1) is 0 Å². The van der Waals surface area contributed by atoms with Gasteiger partial charge in [-0.2, -0.15) is 0 Å². The summed E-state index contributed by atoms with van der Waals surface area (Å²) in [4.78, 5) is 19.6. The lowest BCUT2D eigenvalue weighted by molar-refractivity contribution is 0.0938. The molecule has 136 valence electrons. The minimum Gasteiger partial charge on any atom is -0.353 e.